The number of nitrogens with two attached hydrogens (primary N) is 1. The molecule has 0 unspecified atom stereocenters. The van der Waals surface area contributed by atoms with Gasteiger partial charge in [-0.3, -0.25) is 9.69 Å². The standard InChI is InChI=1S/C20H24N4O2S/c1-26-14-4-2-3-13(9-14)15-10-24(20-22-16(11-27-20)19(21)25)17-12-5-7-23(8-6-12)18(15)17/h2-4,9,11-12,15,17-18H,5-8,10H2,1H3,(H2,21,25)/t15-,17+,18+/m0/s1. The maximum absolute atomic E-state index is 11.5. The fourth-order valence-corrected chi connectivity index (χ4v) is 6.19. The van der Waals surface area contributed by atoms with Crippen LogP contribution in [0, 0.1) is 5.92 Å². The topological polar surface area (TPSA) is 71.7 Å². The van der Waals surface area contributed by atoms with Crippen molar-refractivity contribution in [1.82, 2.24) is 9.88 Å². The quantitative estimate of drug-likeness (QED) is 0.876. The van der Waals surface area contributed by atoms with E-state index in [1.807, 2.05) is 6.07 Å². The zero-order valence-corrected chi connectivity index (χ0v) is 16.2. The number of hydrogen-bond acceptors (Lipinski definition) is 6. The molecule has 2 N–H and O–H groups in total. The third-order valence-electron chi connectivity index (χ3n) is 6.51. The summed E-state index contributed by atoms with van der Waals surface area (Å²) in [5.74, 6) is 1.56. The highest BCUT2D eigenvalue weighted by Crippen LogP contribution is 2.48. The van der Waals surface area contributed by atoms with Crippen LogP contribution in [0.25, 0.3) is 0 Å². The molecule has 5 heterocycles. The molecular formula is C20H24N4O2S. The Morgan fingerprint density at radius 2 is 2.11 bits per heavy atom. The Bertz CT molecular complexity index is 861. The number of ether oxygens (including phenoxy) is 1. The van der Waals surface area contributed by atoms with E-state index in [0.717, 1.165) is 17.4 Å². The lowest BCUT2D eigenvalue weighted by Gasteiger charge is -2.51. The number of carbonyl (C=O) groups is 1. The molecule has 1 aromatic carbocycles. The number of piperidine rings is 3. The lowest BCUT2D eigenvalue weighted by molar-refractivity contribution is 0.0355. The summed E-state index contributed by atoms with van der Waals surface area (Å²) in [6.45, 7) is 3.29. The SMILES string of the molecule is COc1cccc([C@@H]2CN(c3nc(C(N)=O)cs3)[C@@H]3C4CCN(CC4)[C@@H]32)c1. The van der Waals surface area contributed by atoms with Gasteiger partial charge in [0.1, 0.15) is 11.4 Å². The number of amides is 1. The van der Waals surface area contributed by atoms with Crippen molar-refractivity contribution in [1.29, 1.82) is 0 Å². The molecule has 0 saturated carbocycles. The van der Waals surface area contributed by atoms with E-state index < -0.39 is 5.91 Å². The molecule has 4 saturated heterocycles. The van der Waals surface area contributed by atoms with Gasteiger partial charge in [-0.05, 0) is 49.5 Å². The van der Waals surface area contributed by atoms with Crippen molar-refractivity contribution in [3.8, 4) is 5.75 Å². The highest BCUT2D eigenvalue weighted by molar-refractivity contribution is 7.14. The summed E-state index contributed by atoms with van der Waals surface area (Å²) in [6.07, 6.45) is 2.49. The van der Waals surface area contributed by atoms with Crippen molar-refractivity contribution in [2.75, 3.05) is 31.6 Å². The highest BCUT2D eigenvalue weighted by Gasteiger charge is 2.54. The minimum absolute atomic E-state index is 0.373. The van der Waals surface area contributed by atoms with Gasteiger partial charge in [-0.1, -0.05) is 12.1 Å². The maximum atomic E-state index is 11.5. The van der Waals surface area contributed by atoms with Gasteiger partial charge in [0.15, 0.2) is 5.13 Å². The molecule has 6 rings (SSSR count). The number of rotatable bonds is 4. The fraction of sp³-hybridized carbons (Fsp3) is 0.500. The molecule has 4 aliphatic heterocycles. The molecule has 27 heavy (non-hydrogen) atoms. The number of methoxy groups -OCH3 is 1. The summed E-state index contributed by atoms with van der Waals surface area (Å²) < 4.78 is 5.46. The van der Waals surface area contributed by atoms with E-state index in [2.05, 4.69) is 33.0 Å². The number of benzene rings is 1. The largest absolute Gasteiger partial charge is 0.497 e. The highest BCUT2D eigenvalue weighted by atomic mass is 32.1. The Kier molecular flexibility index (Phi) is 4.09. The molecule has 7 heteroatoms. The minimum atomic E-state index is -0.452. The summed E-state index contributed by atoms with van der Waals surface area (Å²) in [7, 11) is 1.72. The molecule has 2 aromatic rings. The summed E-state index contributed by atoms with van der Waals surface area (Å²) in [5.41, 5.74) is 7.13. The van der Waals surface area contributed by atoms with Crippen molar-refractivity contribution in [3.63, 3.8) is 0 Å². The van der Waals surface area contributed by atoms with Crippen LogP contribution in [0.2, 0.25) is 0 Å². The van der Waals surface area contributed by atoms with Crippen LogP contribution in [0.1, 0.15) is 34.8 Å². The van der Waals surface area contributed by atoms with Gasteiger partial charge >= 0.3 is 0 Å². The number of carbonyl (C=O) groups excluding carboxylic acids is 1. The Labute approximate surface area is 162 Å². The van der Waals surface area contributed by atoms with Gasteiger partial charge in [-0.2, -0.15) is 0 Å². The Balaban J connectivity index is 1.54. The third kappa shape index (κ3) is 2.72. The molecule has 4 fully saturated rings. The monoisotopic (exact) mass is 384 g/mol. The van der Waals surface area contributed by atoms with E-state index in [1.54, 1.807) is 12.5 Å². The molecule has 0 radical (unpaired) electrons. The first-order valence-corrected chi connectivity index (χ1v) is 10.4. The number of fused-ring (bicyclic) bond motifs is 2. The average Bonchev–Trinajstić information content (AvgIpc) is 3.35. The van der Waals surface area contributed by atoms with Crippen LogP contribution in [-0.2, 0) is 0 Å². The fourth-order valence-electron chi connectivity index (χ4n) is 5.32. The van der Waals surface area contributed by atoms with Crippen LogP contribution in [0.15, 0.2) is 29.6 Å². The van der Waals surface area contributed by atoms with Gasteiger partial charge in [0.25, 0.3) is 5.91 Å². The van der Waals surface area contributed by atoms with Crippen LogP contribution in [0.4, 0.5) is 5.13 Å². The second kappa shape index (κ2) is 6.49. The molecule has 0 aliphatic carbocycles. The molecule has 2 bridgehead atoms. The van der Waals surface area contributed by atoms with Crippen LogP contribution in [-0.4, -0.2) is 54.6 Å². The zero-order valence-electron chi connectivity index (χ0n) is 15.4. The zero-order chi connectivity index (χ0) is 18.5. The van der Waals surface area contributed by atoms with Gasteiger partial charge in [0.05, 0.1) is 13.2 Å². The smallest absolute Gasteiger partial charge is 0.268 e. The second-order valence-corrected chi connectivity index (χ2v) is 8.61. The molecular weight excluding hydrogens is 360 g/mol. The van der Waals surface area contributed by atoms with E-state index in [1.165, 1.54) is 42.8 Å². The number of aromatic nitrogens is 1. The number of primary amides is 1. The molecule has 4 aliphatic rings. The van der Waals surface area contributed by atoms with Crippen LogP contribution >= 0.6 is 11.3 Å². The summed E-state index contributed by atoms with van der Waals surface area (Å²) in [4.78, 5) is 21.2. The number of nitrogens with zero attached hydrogens (tertiary/aromatic N) is 3. The van der Waals surface area contributed by atoms with Gasteiger partial charge in [0, 0.05) is 23.9 Å². The predicted molar refractivity (Wildman–Crippen MR) is 106 cm³/mol. The van der Waals surface area contributed by atoms with E-state index in [9.17, 15) is 4.79 Å². The first kappa shape index (κ1) is 17.0. The van der Waals surface area contributed by atoms with Crippen molar-refractivity contribution >= 4 is 22.4 Å². The van der Waals surface area contributed by atoms with E-state index in [4.69, 9.17) is 10.5 Å². The lowest BCUT2D eigenvalue weighted by atomic mass is 9.75. The Morgan fingerprint density at radius 1 is 1.30 bits per heavy atom. The summed E-state index contributed by atoms with van der Waals surface area (Å²) >= 11 is 1.53. The minimum Gasteiger partial charge on any atom is -0.497 e. The van der Waals surface area contributed by atoms with E-state index in [-0.39, 0.29) is 0 Å². The lowest BCUT2D eigenvalue weighted by Crippen LogP contribution is -2.60. The molecule has 1 amide bonds. The molecule has 1 aromatic heterocycles. The Hall–Kier alpha value is -2.12. The maximum Gasteiger partial charge on any atom is 0.268 e. The first-order chi connectivity index (χ1) is 13.2. The van der Waals surface area contributed by atoms with Gasteiger partial charge < -0.3 is 15.4 Å². The van der Waals surface area contributed by atoms with Gasteiger partial charge in [-0.15, -0.1) is 11.3 Å². The van der Waals surface area contributed by atoms with Gasteiger partial charge in [-0.25, -0.2) is 4.98 Å². The van der Waals surface area contributed by atoms with Crippen LogP contribution in [0.3, 0.4) is 0 Å². The van der Waals surface area contributed by atoms with Gasteiger partial charge in [0.2, 0.25) is 0 Å². The molecule has 142 valence electrons. The van der Waals surface area contributed by atoms with Crippen LogP contribution in [0.5, 0.6) is 5.75 Å². The molecule has 0 spiro atoms. The number of hydrogen-bond donors (Lipinski definition) is 1. The number of anilines is 1. The normalized spacial score (nSPS) is 31.7. The van der Waals surface area contributed by atoms with E-state index >= 15 is 0 Å². The van der Waals surface area contributed by atoms with Crippen molar-refractivity contribution in [3.05, 3.63) is 40.9 Å². The van der Waals surface area contributed by atoms with Crippen molar-refractivity contribution in [2.24, 2.45) is 11.7 Å². The summed E-state index contributed by atoms with van der Waals surface area (Å²) in [6, 6.07) is 9.41. The first-order valence-electron chi connectivity index (χ1n) is 9.55. The predicted octanol–water partition coefficient (Wildman–Crippen LogP) is 2.32. The summed E-state index contributed by atoms with van der Waals surface area (Å²) in [5, 5.41) is 2.71. The second-order valence-electron chi connectivity index (χ2n) is 7.77. The average molecular weight is 385 g/mol. The van der Waals surface area contributed by atoms with Crippen molar-refractivity contribution < 1.29 is 9.53 Å². The van der Waals surface area contributed by atoms with Crippen molar-refractivity contribution in [2.45, 2.75) is 30.8 Å². The molecule has 6 nitrogen and oxygen atoms in total. The van der Waals surface area contributed by atoms with E-state index in [0.29, 0.717) is 29.6 Å². The molecule has 3 atom stereocenters. The number of thiazole rings is 1. The third-order valence-corrected chi connectivity index (χ3v) is 7.38. The Morgan fingerprint density at radius 3 is 2.81 bits per heavy atom. The van der Waals surface area contributed by atoms with Crippen LogP contribution < -0.4 is 15.4 Å².